The number of amides is 2. The third kappa shape index (κ3) is 6.32. The van der Waals surface area contributed by atoms with Crippen molar-refractivity contribution in [1.82, 2.24) is 10.2 Å². The molecule has 0 radical (unpaired) electrons. The van der Waals surface area contributed by atoms with E-state index in [1.165, 1.54) is 18.2 Å². The third-order valence-corrected chi connectivity index (χ3v) is 3.42. The predicted octanol–water partition coefficient (Wildman–Crippen LogP) is 1.21. The van der Waals surface area contributed by atoms with Gasteiger partial charge in [-0.3, -0.25) is 14.5 Å². The van der Waals surface area contributed by atoms with E-state index >= 15 is 0 Å². The maximum Gasteiger partial charge on any atom is 0.234 e. The van der Waals surface area contributed by atoms with Crippen LogP contribution in [0.2, 0.25) is 0 Å². The lowest BCUT2D eigenvalue weighted by molar-refractivity contribution is -0.125. The molecule has 1 aromatic rings. The minimum atomic E-state index is -0.636. The SMILES string of the molecule is CC(C)N(CC(N)=O)CC(=O)N[C@H](C)Cc1c(F)cccc1F. The molecule has 0 unspecified atom stereocenters. The highest BCUT2D eigenvalue weighted by atomic mass is 19.1. The summed E-state index contributed by atoms with van der Waals surface area (Å²) < 4.78 is 27.2. The first-order chi connectivity index (χ1) is 10.7. The van der Waals surface area contributed by atoms with Crippen LogP contribution in [0.4, 0.5) is 8.78 Å². The van der Waals surface area contributed by atoms with E-state index in [-0.39, 0.29) is 37.0 Å². The van der Waals surface area contributed by atoms with Gasteiger partial charge in [-0.1, -0.05) is 6.07 Å². The van der Waals surface area contributed by atoms with Crippen LogP contribution < -0.4 is 11.1 Å². The van der Waals surface area contributed by atoms with Gasteiger partial charge in [0.05, 0.1) is 13.1 Å². The number of nitrogens with zero attached hydrogens (tertiary/aromatic N) is 1. The second-order valence-corrected chi connectivity index (χ2v) is 5.84. The van der Waals surface area contributed by atoms with Gasteiger partial charge in [0.2, 0.25) is 11.8 Å². The molecule has 0 saturated heterocycles. The summed E-state index contributed by atoms with van der Waals surface area (Å²) in [6, 6.07) is 3.17. The fraction of sp³-hybridized carbons (Fsp3) is 0.500. The van der Waals surface area contributed by atoms with E-state index in [1.807, 2.05) is 13.8 Å². The van der Waals surface area contributed by atoms with Crippen molar-refractivity contribution in [2.24, 2.45) is 5.73 Å². The molecule has 0 aromatic heterocycles. The lowest BCUT2D eigenvalue weighted by Crippen LogP contribution is -2.46. The normalized spacial score (nSPS) is 12.5. The Hall–Kier alpha value is -2.02. The molecule has 7 heteroatoms. The summed E-state index contributed by atoms with van der Waals surface area (Å²) in [5.74, 6) is -2.12. The Morgan fingerprint density at radius 1 is 1.17 bits per heavy atom. The van der Waals surface area contributed by atoms with E-state index in [1.54, 1.807) is 11.8 Å². The van der Waals surface area contributed by atoms with Crippen molar-refractivity contribution in [2.75, 3.05) is 13.1 Å². The molecular weight excluding hydrogens is 304 g/mol. The van der Waals surface area contributed by atoms with E-state index in [0.29, 0.717) is 0 Å². The van der Waals surface area contributed by atoms with Crippen LogP contribution in [0.3, 0.4) is 0 Å². The van der Waals surface area contributed by atoms with Crippen molar-refractivity contribution < 1.29 is 18.4 Å². The van der Waals surface area contributed by atoms with Crippen LogP contribution >= 0.6 is 0 Å². The summed E-state index contributed by atoms with van der Waals surface area (Å²) >= 11 is 0. The number of halogens is 2. The van der Waals surface area contributed by atoms with Gasteiger partial charge in [0.1, 0.15) is 11.6 Å². The van der Waals surface area contributed by atoms with Crippen molar-refractivity contribution >= 4 is 11.8 Å². The molecule has 0 aliphatic rings. The zero-order chi connectivity index (χ0) is 17.6. The zero-order valence-corrected chi connectivity index (χ0v) is 13.6. The number of nitrogens with one attached hydrogen (secondary N) is 1. The van der Waals surface area contributed by atoms with Gasteiger partial charge in [0.25, 0.3) is 0 Å². The molecule has 1 atom stereocenters. The number of hydrogen-bond donors (Lipinski definition) is 2. The van der Waals surface area contributed by atoms with E-state index in [2.05, 4.69) is 5.32 Å². The Labute approximate surface area is 134 Å². The second kappa shape index (κ2) is 8.57. The first kappa shape index (κ1) is 19.0. The molecule has 2 amide bonds. The monoisotopic (exact) mass is 327 g/mol. The number of carbonyl (C=O) groups excluding carboxylic acids is 2. The molecule has 0 heterocycles. The predicted molar refractivity (Wildman–Crippen MR) is 83.6 cm³/mol. The summed E-state index contributed by atoms with van der Waals surface area (Å²) in [6.07, 6.45) is 0.0434. The van der Waals surface area contributed by atoms with E-state index in [0.717, 1.165) is 0 Å². The van der Waals surface area contributed by atoms with E-state index < -0.39 is 23.6 Å². The van der Waals surface area contributed by atoms with Crippen molar-refractivity contribution in [1.29, 1.82) is 0 Å². The summed E-state index contributed by atoms with van der Waals surface area (Å²) in [7, 11) is 0. The number of primary amides is 1. The third-order valence-electron chi connectivity index (χ3n) is 3.42. The van der Waals surface area contributed by atoms with Gasteiger partial charge < -0.3 is 11.1 Å². The number of hydrogen-bond acceptors (Lipinski definition) is 3. The second-order valence-electron chi connectivity index (χ2n) is 5.84. The van der Waals surface area contributed by atoms with Gasteiger partial charge in [-0.15, -0.1) is 0 Å². The average Bonchev–Trinajstić information content (AvgIpc) is 2.41. The van der Waals surface area contributed by atoms with Crippen molar-refractivity contribution in [3.8, 4) is 0 Å². The Morgan fingerprint density at radius 3 is 2.22 bits per heavy atom. The molecule has 1 rings (SSSR count). The van der Waals surface area contributed by atoms with Crippen LogP contribution in [0.5, 0.6) is 0 Å². The summed E-state index contributed by atoms with van der Waals surface area (Å²) in [5.41, 5.74) is 5.09. The highest BCUT2D eigenvalue weighted by Crippen LogP contribution is 2.14. The molecule has 0 spiro atoms. The lowest BCUT2D eigenvalue weighted by atomic mass is 10.1. The number of rotatable bonds is 8. The smallest absolute Gasteiger partial charge is 0.234 e. The molecule has 0 aliphatic carbocycles. The summed E-state index contributed by atoms with van der Waals surface area (Å²) in [4.78, 5) is 24.6. The molecule has 0 fully saturated rings. The molecule has 0 saturated carbocycles. The maximum absolute atomic E-state index is 13.6. The molecule has 0 aliphatic heterocycles. The standard InChI is InChI=1S/C16H23F2N3O2/c1-10(2)21(8-15(19)22)9-16(23)20-11(3)7-12-13(17)5-4-6-14(12)18/h4-6,10-11H,7-9H2,1-3H3,(H2,19,22)(H,20,23)/t11-/m1/s1. The van der Waals surface area contributed by atoms with Crippen LogP contribution in [-0.4, -0.2) is 41.9 Å². The highest BCUT2D eigenvalue weighted by Gasteiger charge is 2.18. The Balaban J connectivity index is 2.61. The number of benzene rings is 1. The van der Waals surface area contributed by atoms with Crippen molar-refractivity contribution in [3.63, 3.8) is 0 Å². The van der Waals surface area contributed by atoms with Gasteiger partial charge >= 0.3 is 0 Å². The number of nitrogens with two attached hydrogens (primary N) is 1. The molecule has 1 aromatic carbocycles. The lowest BCUT2D eigenvalue weighted by Gasteiger charge is -2.25. The topological polar surface area (TPSA) is 75.4 Å². The van der Waals surface area contributed by atoms with Gasteiger partial charge in [-0.25, -0.2) is 8.78 Å². The quantitative estimate of drug-likeness (QED) is 0.753. The Bertz CT molecular complexity index is 544. The molecule has 5 nitrogen and oxygen atoms in total. The average molecular weight is 327 g/mol. The minimum Gasteiger partial charge on any atom is -0.369 e. The molecule has 3 N–H and O–H groups in total. The van der Waals surface area contributed by atoms with Crippen LogP contribution in [-0.2, 0) is 16.0 Å². The summed E-state index contributed by atoms with van der Waals surface area (Å²) in [5, 5.41) is 2.68. The van der Waals surface area contributed by atoms with Crippen molar-refractivity contribution in [2.45, 2.75) is 39.3 Å². The van der Waals surface area contributed by atoms with E-state index in [9.17, 15) is 18.4 Å². The van der Waals surface area contributed by atoms with Crippen LogP contribution in [0.25, 0.3) is 0 Å². The van der Waals surface area contributed by atoms with Gasteiger partial charge in [0, 0.05) is 17.6 Å². The first-order valence-corrected chi connectivity index (χ1v) is 7.45. The first-order valence-electron chi connectivity index (χ1n) is 7.45. The van der Waals surface area contributed by atoms with Gasteiger partial charge in [0.15, 0.2) is 0 Å². The fourth-order valence-corrected chi connectivity index (χ4v) is 2.21. The number of carbonyl (C=O) groups is 2. The maximum atomic E-state index is 13.6. The van der Waals surface area contributed by atoms with Crippen LogP contribution in [0.15, 0.2) is 18.2 Å². The molecule has 128 valence electrons. The van der Waals surface area contributed by atoms with Crippen LogP contribution in [0, 0.1) is 11.6 Å². The Morgan fingerprint density at radius 2 is 1.74 bits per heavy atom. The molecule has 0 bridgehead atoms. The molecule has 23 heavy (non-hydrogen) atoms. The van der Waals surface area contributed by atoms with Gasteiger partial charge in [-0.2, -0.15) is 0 Å². The summed E-state index contributed by atoms with van der Waals surface area (Å²) in [6.45, 7) is 5.31. The molecular formula is C16H23F2N3O2. The highest BCUT2D eigenvalue weighted by molar-refractivity contribution is 5.80. The minimum absolute atomic E-state index is 0.00923. The van der Waals surface area contributed by atoms with E-state index in [4.69, 9.17) is 5.73 Å². The largest absolute Gasteiger partial charge is 0.369 e. The zero-order valence-electron chi connectivity index (χ0n) is 13.6. The van der Waals surface area contributed by atoms with Crippen molar-refractivity contribution in [3.05, 3.63) is 35.4 Å². The fourth-order valence-electron chi connectivity index (χ4n) is 2.21. The van der Waals surface area contributed by atoms with Gasteiger partial charge in [-0.05, 0) is 39.3 Å². The van der Waals surface area contributed by atoms with Crippen LogP contribution in [0.1, 0.15) is 26.3 Å². The Kier molecular flexibility index (Phi) is 7.09.